The van der Waals surface area contributed by atoms with Crippen molar-refractivity contribution < 1.29 is 20.1 Å². The number of pyridine rings is 1. The van der Waals surface area contributed by atoms with E-state index in [2.05, 4.69) is 38.4 Å². The summed E-state index contributed by atoms with van der Waals surface area (Å²) in [5.74, 6) is 1.82. The van der Waals surface area contributed by atoms with E-state index < -0.39 is 0 Å². The molecule has 0 aliphatic heterocycles. The predicted octanol–water partition coefficient (Wildman–Crippen LogP) is 7.59. The Morgan fingerprint density at radius 1 is 0.575 bits per heavy atom. The zero-order valence-corrected chi connectivity index (χ0v) is 24.9. The third kappa shape index (κ3) is 5.64. The van der Waals surface area contributed by atoms with Crippen LogP contribution >= 0.6 is 0 Å². The van der Waals surface area contributed by atoms with Crippen molar-refractivity contribution in [2.45, 2.75) is 0 Å². The molecule has 7 rings (SSSR count). The first-order chi connectivity index (χ1) is 18.7. The minimum atomic E-state index is 0. The smallest absolute Gasteiger partial charge is 0.359 e. The van der Waals surface area contributed by atoms with E-state index in [0.717, 1.165) is 56.1 Å². The van der Waals surface area contributed by atoms with E-state index in [-0.39, 0.29) is 27.5 Å². The van der Waals surface area contributed by atoms with Gasteiger partial charge in [-0.05, 0) is 36.0 Å². The van der Waals surface area contributed by atoms with Crippen LogP contribution in [0.2, 0.25) is 0 Å². The third-order valence-electron chi connectivity index (χ3n) is 6.50. The van der Waals surface area contributed by atoms with Gasteiger partial charge in [-0.1, -0.05) is 47.5 Å². The van der Waals surface area contributed by atoms with Gasteiger partial charge in [0.1, 0.15) is 0 Å². The van der Waals surface area contributed by atoms with Gasteiger partial charge in [0.25, 0.3) is 0 Å². The van der Waals surface area contributed by atoms with Gasteiger partial charge in [0, 0.05) is 20.3 Å². The first kappa shape index (κ1) is 28.6. The van der Waals surface area contributed by atoms with Crippen LogP contribution in [0.3, 0.4) is 0 Å². The van der Waals surface area contributed by atoms with Crippen LogP contribution in [0.15, 0.2) is 115 Å². The zero-order chi connectivity index (χ0) is 25.9. The summed E-state index contributed by atoms with van der Waals surface area (Å²) in [6.45, 7) is 0. The van der Waals surface area contributed by atoms with E-state index in [0.29, 0.717) is 0 Å². The summed E-state index contributed by atoms with van der Waals surface area (Å²) in [7, 11) is 4.08. The Morgan fingerprint density at radius 2 is 1.10 bits per heavy atom. The van der Waals surface area contributed by atoms with Crippen molar-refractivity contribution in [3.63, 3.8) is 0 Å². The average Bonchev–Trinajstić information content (AvgIpc) is 3.51. The van der Waals surface area contributed by atoms with Crippen LogP contribution in [0.5, 0.6) is 0 Å². The molecule has 0 fully saturated rings. The maximum absolute atomic E-state index is 4.79. The number of fused-ring (bicyclic) bond motifs is 2. The molecule has 0 N–H and O–H groups in total. The number of rotatable bonds is 3. The number of aryl methyl sites for hydroxylation is 2. The maximum atomic E-state index is 4.79. The minimum Gasteiger partial charge on any atom is -0.359 e. The van der Waals surface area contributed by atoms with E-state index in [1.54, 1.807) is 6.20 Å². The standard InChI is InChI=1S/C22H17N4.C11H8N.CH3.Ir/c1-25-19-12-5-3-10-17(19)23-21(25)15-8-7-9-16(14-15)22-24-18-11-4-6-13-20(18)26(22)2;1-2-6-10(7-3-1)11-8-4-5-9-12-11;;/h3-13H,1-2H3;1-6,8-9H;1H3;/q3*-1;+3. The van der Waals surface area contributed by atoms with Gasteiger partial charge in [0.2, 0.25) is 0 Å². The molecule has 3 heterocycles. The molecule has 0 saturated carbocycles. The minimum absolute atomic E-state index is 0. The topological polar surface area (TPSA) is 48.5 Å². The number of hydrogen-bond acceptors (Lipinski definition) is 3. The quantitative estimate of drug-likeness (QED) is 0.179. The van der Waals surface area contributed by atoms with Crippen LogP contribution in [-0.4, -0.2) is 24.1 Å². The second-order valence-corrected chi connectivity index (χ2v) is 8.94. The van der Waals surface area contributed by atoms with Crippen LogP contribution < -0.4 is 0 Å². The van der Waals surface area contributed by atoms with E-state index in [4.69, 9.17) is 9.97 Å². The molecule has 0 spiro atoms. The molecule has 6 heteroatoms. The molecule has 0 bridgehead atoms. The molecule has 0 aliphatic rings. The molecule has 0 radical (unpaired) electrons. The first-order valence-corrected chi connectivity index (χ1v) is 12.4. The first-order valence-electron chi connectivity index (χ1n) is 12.4. The van der Waals surface area contributed by atoms with Gasteiger partial charge < -0.3 is 21.5 Å². The molecule has 0 atom stereocenters. The Balaban J connectivity index is 0.000000224. The van der Waals surface area contributed by atoms with E-state index in [1.807, 2.05) is 111 Å². The van der Waals surface area contributed by atoms with Crippen LogP contribution in [0, 0.1) is 19.6 Å². The van der Waals surface area contributed by atoms with E-state index in [9.17, 15) is 0 Å². The maximum Gasteiger partial charge on any atom is 3.00 e. The average molecular weight is 699 g/mol. The molecular weight excluding hydrogens is 671 g/mol. The summed E-state index contributed by atoms with van der Waals surface area (Å²) in [5.41, 5.74) is 8.16. The number of imidazole rings is 2. The van der Waals surface area contributed by atoms with Crippen LogP contribution in [0.25, 0.3) is 56.1 Å². The fourth-order valence-corrected chi connectivity index (χ4v) is 4.58. The Kier molecular flexibility index (Phi) is 9.05. The summed E-state index contributed by atoms with van der Waals surface area (Å²) < 4.78 is 4.22. The fourth-order valence-electron chi connectivity index (χ4n) is 4.58. The summed E-state index contributed by atoms with van der Waals surface area (Å²) in [4.78, 5) is 13.8. The largest absolute Gasteiger partial charge is 3.00 e. The van der Waals surface area contributed by atoms with E-state index >= 15 is 0 Å². The molecule has 0 unspecified atom stereocenters. The van der Waals surface area contributed by atoms with Gasteiger partial charge in [-0.25, -0.2) is 0 Å². The number of nitrogens with zero attached hydrogens (tertiary/aromatic N) is 5. The molecule has 3 aromatic heterocycles. The Hall–Kier alpha value is -4.38. The van der Waals surface area contributed by atoms with Gasteiger partial charge in [-0.15, -0.1) is 60.2 Å². The molecular formula is C34H28IrN5. The van der Waals surface area contributed by atoms with Gasteiger partial charge in [0.05, 0.1) is 33.7 Å². The molecule has 40 heavy (non-hydrogen) atoms. The second-order valence-electron chi connectivity index (χ2n) is 8.94. The van der Waals surface area contributed by atoms with Gasteiger partial charge in [-0.3, -0.25) is 9.97 Å². The van der Waals surface area contributed by atoms with E-state index in [1.165, 1.54) is 0 Å². The van der Waals surface area contributed by atoms with Crippen molar-refractivity contribution in [1.82, 2.24) is 24.1 Å². The molecule has 198 valence electrons. The number of para-hydroxylation sites is 4. The SMILES string of the molecule is Cn1c(-c2[c-]c(-c3nc4ccccc4n3C)ccc2)nc2ccccc21.[CH3-].[Ir+3].[c-]1ccccc1-c1ccccn1. The van der Waals surface area contributed by atoms with Crippen molar-refractivity contribution in [3.8, 4) is 34.0 Å². The monoisotopic (exact) mass is 699 g/mol. The normalized spacial score (nSPS) is 10.3. The number of aromatic nitrogens is 5. The molecule has 0 saturated heterocycles. The van der Waals surface area contributed by atoms with Crippen molar-refractivity contribution in [2.24, 2.45) is 14.1 Å². The van der Waals surface area contributed by atoms with Crippen LogP contribution in [0.1, 0.15) is 0 Å². The molecule has 0 amide bonds. The van der Waals surface area contributed by atoms with Gasteiger partial charge in [-0.2, -0.15) is 0 Å². The second kappa shape index (κ2) is 12.6. The van der Waals surface area contributed by atoms with Gasteiger partial charge in [0.15, 0.2) is 0 Å². The van der Waals surface area contributed by atoms with Gasteiger partial charge >= 0.3 is 20.1 Å². The molecule has 4 aromatic carbocycles. The van der Waals surface area contributed by atoms with Crippen molar-refractivity contribution in [2.75, 3.05) is 0 Å². The third-order valence-corrected chi connectivity index (χ3v) is 6.50. The van der Waals surface area contributed by atoms with Crippen molar-refractivity contribution in [1.29, 1.82) is 0 Å². The van der Waals surface area contributed by atoms with Crippen LogP contribution in [0.4, 0.5) is 0 Å². The molecule has 5 nitrogen and oxygen atoms in total. The Morgan fingerprint density at radius 3 is 1.60 bits per heavy atom. The number of hydrogen-bond donors (Lipinski definition) is 0. The zero-order valence-electron chi connectivity index (χ0n) is 22.5. The van der Waals surface area contributed by atoms with Crippen LogP contribution in [-0.2, 0) is 34.2 Å². The Labute approximate surface area is 248 Å². The fraction of sp³-hybridized carbons (Fsp3) is 0.0588. The molecule has 0 aliphatic carbocycles. The summed E-state index contributed by atoms with van der Waals surface area (Å²) in [6.07, 6.45) is 1.79. The summed E-state index contributed by atoms with van der Waals surface area (Å²) in [5, 5.41) is 0. The Bertz CT molecular complexity index is 1710. The summed E-state index contributed by atoms with van der Waals surface area (Å²) >= 11 is 0. The summed E-state index contributed by atoms with van der Waals surface area (Å²) in [6, 6.07) is 42.8. The molecule has 7 aromatic rings. The predicted molar refractivity (Wildman–Crippen MR) is 160 cm³/mol. The van der Waals surface area contributed by atoms with Crippen molar-refractivity contribution in [3.05, 3.63) is 135 Å². The van der Waals surface area contributed by atoms with Crippen molar-refractivity contribution >= 4 is 22.1 Å². The number of benzene rings is 4.